The van der Waals surface area contributed by atoms with Crippen LogP contribution in [0.15, 0.2) is 18.2 Å². The number of para-hydroxylation sites is 1. The normalized spacial score (nSPS) is 28.9. The minimum absolute atomic E-state index is 0.189. The van der Waals surface area contributed by atoms with Gasteiger partial charge in [-0.2, -0.15) is 0 Å². The van der Waals surface area contributed by atoms with Crippen LogP contribution in [0, 0.1) is 11.6 Å². The van der Waals surface area contributed by atoms with Crippen molar-refractivity contribution >= 4 is 5.69 Å². The maximum atomic E-state index is 14.0. The van der Waals surface area contributed by atoms with Gasteiger partial charge in [-0.1, -0.05) is 13.0 Å². The second-order valence-electron chi connectivity index (χ2n) is 5.98. The zero-order chi connectivity index (χ0) is 14.1. The van der Waals surface area contributed by atoms with Gasteiger partial charge >= 0.3 is 0 Å². The number of piperidine rings is 1. The number of nitrogens with one attached hydrogen (secondary N) is 1. The van der Waals surface area contributed by atoms with Crippen molar-refractivity contribution in [1.29, 1.82) is 0 Å². The summed E-state index contributed by atoms with van der Waals surface area (Å²) in [6.07, 6.45) is 5.19. The van der Waals surface area contributed by atoms with E-state index in [4.69, 9.17) is 0 Å². The number of anilines is 1. The van der Waals surface area contributed by atoms with Crippen LogP contribution in [0.1, 0.15) is 39.0 Å². The predicted molar refractivity (Wildman–Crippen MR) is 77.0 cm³/mol. The summed E-state index contributed by atoms with van der Waals surface area (Å²) in [6, 6.07) is 5.20. The monoisotopic (exact) mass is 280 g/mol. The van der Waals surface area contributed by atoms with Crippen LogP contribution in [-0.2, 0) is 0 Å². The van der Waals surface area contributed by atoms with Crippen molar-refractivity contribution in [3.63, 3.8) is 0 Å². The molecule has 2 unspecified atom stereocenters. The Labute approximate surface area is 119 Å². The lowest BCUT2D eigenvalue weighted by atomic mass is 9.96. The minimum Gasteiger partial charge on any atom is -0.361 e. The average molecular weight is 280 g/mol. The molecule has 2 heterocycles. The van der Waals surface area contributed by atoms with Gasteiger partial charge in [-0.05, 0) is 50.8 Å². The van der Waals surface area contributed by atoms with E-state index in [1.807, 2.05) is 4.90 Å². The summed E-state index contributed by atoms with van der Waals surface area (Å²) in [5, 5.41) is 3.56. The minimum atomic E-state index is -0.429. The van der Waals surface area contributed by atoms with Crippen LogP contribution in [0.4, 0.5) is 14.5 Å². The molecule has 110 valence electrons. The molecule has 0 spiro atoms. The van der Waals surface area contributed by atoms with Crippen LogP contribution < -0.4 is 10.2 Å². The van der Waals surface area contributed by atoms with E-state index >= 15 is 0 Å². The lowest BCUT2D eigenvalue weighted by molar-refractivity contribution is 0.351. The molecule has 2 saturated heterocycles. The van der Waals surface area contributed by atoms with Gasteiger partial charge in [0.1, 0.15) is 17.3 Å². The summed E-state index contributed by atoms with van der Waals surface area (Å²) in [5.74, 6) is -0.858. The average Bonchev–Trinajstić information content (AvgIpc) is 2.68. The van der Waals surface area contributed by atoms with Gasteiger partial charge in [-0.3, -0.25) is 0 Å². The largest absolute Gasteiger partial charge is 0.361 e. The number of nitrogens with zero attached hydrogens (tertiary/aromatic N) is 1. The van der Waals surface area contributed by atoms with Gasteiger partial charge in [0.15, 0.2) is 0 Å². The predicted octanol–water partition coefficient (Wildman–Crippen LogP) is 3.46. The SMILES string of the molecule is CCCNC1CC2CCC(C1)N2c1c(F)cccc1F. The lowest BCUT2D eigenvalue weighted by Crippen LogP contribution is -2.50. The molecular weight excluding hydrogens is 258 g/mol. The summed E-state index contributed by atoms with van der Waals surface area (Å²) in [5.41, 5.74) is 0.189. The molecule has 2 aliphatic heterocycles. The Morgan fingerprint density at radius 1 is 1.15 bits per heavy atom. The second-order valence-corrected chi connectivity index (χ2v) is 5.98. The highest BCUT2D eigenvalue weighted by molar-refractivity contribution is 5.53. The molecule has 1 N–H and O–H groups in total. The summed E-state index contributed by atoms with van der Waals surface area (Å²) < 4.78 is 28.0. The Morgan fingerprint density at radius 2 is 1.75 bits per heavy atom. The molecule has 20 heavy (non-hydrogen) atoms. The number of halogens is 2. The number of fused-ring (bicyclic) bond motifs is 2. The van der Waals surface area contributed by atoms with Crippen molar-refractivity contribution < 1.29 is 8.78 Å². The molecular formula is C16H22F2N2. The maximum absolute atomic E-state index is 14.0. The molecule has 3 rings (SSSR count). The highest BCUT2D eigenvalue weighted by atomic mass is 19.1. The van der Waals surface area contributed by atoms with Crippen molar-refractivity contribution in [3.8, 4) is 0 Å². The third-order valence-corrected chi connectivity index (χ3v) is 4.61. The van der Waals surface area contributed by atoms with Crippen LogP contribution in [-0.4, -0.2) is 24.7 Å². The molecule has 2 aliphatic rings. The van der Waals surface area contributed by atoms with Gasteiger partial charge in [0.25, 0.3) is 0 Å². The second kappa shape index (κ2) is 5.68. The van der Waals surface area contributed by atoms with Gasteiger partial charge in [-0.25, -0.2) is 8.78 Å². The Balaban J connectivity index is 1.80. The Kier molecular flexibility index (Phi) is 3.92. The fraction of sp³-hybridized carbons (Fsp3) is 0.625. The summed E-state index contributed by atoms with van der Waals surface area (Å²) in [4.78, 5) is 2.01. The number of hydrogen-bond acceptors (Lipinski definition) is 2. The molecule has 2 nitrogen and oxygen atoms in total. The smallest absolute Gasteiger partial charge is 0.149 e. The standard InChI is InChI=1S/C16H22F2N2/c1-2-8-19-11-9-12-6-7-13(10-11)20(12)16-14(17)4-3-5-15(16)18/h3-5,11-13,19H,2,6-10H2,1H3. The fourth-order valence-corrected chi connectivity index (χ4v) is 3.79. The van der Waals surface area contributed by atoms with Gasteiger partial charge < -0.3 is 10.2 Å². The first-order chi connectivity index (χ1) is 9.70. The van der Waals surface area contributed by atoms with E-state index in [-0.39, 0.29) is 17.8 Å². The Morgan fingerprint density at radius 3 is 2.30 bits per heavy atom. The van der Waals surface area contributed by atoms with Crippen LogP contribution >= 0.6 is 0 Å². The number of hydrogen-bond donors (Lipinski definition) is 1. The molecule has 4 heteroatoms. The lowest BCUT2D eigenvalue weighted by Gasteiger charge is -2.41. The first kappa shape index (κ1) is 13.8. The molecule has 1 aromatic carbocycles. The van der Waals surface area contributed by atoms with Gasteiger partial charge in [0, 0.05) is 18.1 Å². The quantitative estimate of drug-likeness (QED) is 0.908. The third-order valence-electron chi connectivity index (χ3n) is 4.61. The summed E-state index contributed by atoms with van der Waals surface area (Å²) >= 11 is 0. The molecule has 1 aromatic rings. The summed E-state index contributed by atoms with van der Waals surface area (Å²) in [6.45, 7) is 3.18. The highest BCUT2D eigenvalue weighted by Crippen LogP contribution is 2.41. The maximum Gasteiger partial charge on any atom is 0.149 e. The molecule has 0 amide bonds. The van der Waals surface area contributed by atoms with Crippen LogP contribution in [0.2, 0.25) is 0 Å². The molecule has 0 aromatic heterocycles. The van der Waals surface area contributed by atoms with E-state index in [0.29, 0.717) is 6.04 Å². The van der Waals surface area contributed by atoms with E-state index in [1.54, 1.807) is 0 Å². The molecule has 0 radical (unpaired) electrons. The summed E-state index contributed by atoms with van der Waals surface area (Å²) in [7, 11) is 0. The van der Waals surface area contributed by atoms with Crippen molar-refractivity contribution in [2.45, 2.75) is 57.2 Å². The Bertz CT molecular complexity index is 443. The van der Waals surface area contributed by atoms with Crippen molar-refractivity contribution in [3.05, 3.63) is 29.8 Å². The fourth-order valence-electron chi connectivity index (χ4n) is 3.79. The van der Waals surface area contributed by atoms with Crippen molar-refractivity contribution in [1.82, 2.24) is 5.32 Å². The van der Waals surface area contributed by atoms with Gasteiger partial charge in [-0.15, -0.1) is 0 Å². The van der Waals surface area contributed by atoms with Gasteiger partial charge in [0.05, 0.1) is 0 Å². The number of benzene rings is 1. The van der Waals surface area contributed by atoms with Crippen LogP contribution in [0.5, 0.6) is 0 Å². The zero-order valence-corrected chi connectivity index (χ0v) is 11.9. The molecule has 0 aliphatic carbocycles. The van der Waals surface area contributed by atoms with Crippen molar-refractivity contribution in [2.24, 2.45) is 0 Å². The van der Waals surface area contributed by atoms with Crippen molar-refractivity contribution in [2.75, 3.05) is 11.4 Å². The van der Waals surface area contributed by atoms with E-state index < -0.39 is 11.6 Å². The van der Waals surface area contributed by atoms with Gasteiger partial charge in [0.2, 0.25) is 0 Å². The number of rotatable bonds is 4. The Hall–Kier alpha value is -1.16. The first-order valence-electron chi connectivity index (χ1n) is 7.66. The zero-order valence-electron chi connectivity index (χ0n) is 11.9. The van der Waals surface area contributed by atoms with E-state index in [2.05, 4.69) is 12.2 Å². The molecule has 0 saturated carbocycles. The highest BCUT2D eigenvalue weighted by Gasteiger charge is 2.42. The first-order valence-corrected chi connectivity index (χ1v) is 7.66. The van der Waals surface area contributed by atoms with E-state index in [1.165, 1.54) is 18.2 Å². The third kappa shape index (κ3) is 2.41. The molecule has 2 atom stereocenters. The topological polar surface area (TPSA) is 15.3 Å². The van der Waals surface area contributed by atoms with E-state index in [0.717, 1.165) is 38.6 Å². The molecule has 2 fully saturated rings. The van der Waals surface area contributed by atoms with E-state index in [9.17, 15) is 8.78 Å². The van der Waals surface area contributed by atoms with Crippen LogP contribution in [0.25, 0.3) is 0 Å². The molecule has 2 bridgehead atoms. The van der Waals surface area contributed by atoms with Crippen LogP contribution in [0.3, 0.4) is 0 Å².